The van der Waals surface area contributed by atoms with Gasteiger partial charge in [0.25, 0.3) is 5.91 Å². The normalized spacial score (nSPS) is 23.1. The van der Waals surface area contributed by atoms with Crippen molar-refractivity contribution in [2.24, 2.45) is 11.8 Å². The third-order valence-corrected chi connectivity index (χ3v) is 4.45. The van der Waals surface area contributed by atoms with Crippen LogP contribution in [0.2, 0.25) is 5.02 Å². The fourth-order valence-electron chi connectivity index (χ4n) is 2.51. The van der Waals surface area contributed by atoms with Crippen molar-refractivity contribution in [1.82, 2.24) is 5.32 Å². The van der Waals surface area contributed by atoms with E-state index in [9.17, 15) is 4.79 Å². The van der Waals surface area contributed by atoms with Crippen molar-refractivity contribution < 1.29 is 4.79 Å². The zero-order valence-corrected chi connectivity index (χ0v) is 12.7. The molecule has 0 saturated heterocycles. The number of carbonyl (C=O) groups excluding carboxylic acids is 1. The molecule has 0 aliphatic heterocycles. The molecule has 1 saturated carbocycles. The maximum absolute atomic E-state index is 12.1. The fraction of sp³-hybridized carbons (Fsp3) is 0.500. The number of halogens is 2. The number of carbonyl (C=O) groups is 1. The van der Waals surface area contributed by atoms with Crippen LogP contribution in [0.15, 0.2) is 22.7 Å². The highest BCUT2D eigenvalue weighted by molar-refractivity contribution is 9.10. The van der Waals surface area contributed by atoms with Gasteiger partial charge in [-0.3, -0.25) is 4.79 Å². The molecule has 1 fully saturated rings. The summed E-state index contributed by atoms with van der Waals surface area (Å²) in [5.74, 6) is 1.37. The average molecular weight is 331 g/mol. The Morgan fingerprint density at radius 3 is 2.94 bits per heavy atom. The zero-order chi connectivity index (χ0) is 13.1. The minimum Gasteiger partial charge on any atom is -0.352 e. The number of hydrogen-bond donors (Lipinski definition) is 1. The highest BCUT2D eigenvalue weighted by Crippen LogP contribution is 2.29. The van der Waals surface area contributed by atoms with Crippen LogP contribution in [0.1, 0.15) is 36.5 Å². The van der Waals surface area contributed by atoms with Gasteiger partial charge < -0.3 is 5.32 Å². The second-order valence-electron chi connectivity index (χ2n) is 5.12. The van der Waals surface area contributed by atoms with E-state index in [0.717, 1.165) is 16.9 Å². The van der Waals surface area contributed by atoms with Gasteiger partial charge in [-0.25, -0.2) is 0 Å². The molecule has 1 aromatic carbocycles. The van der Waals surface area contributed by atoms with Gasteiger partial charge in [-0.15, -0.1) is 0 Å². The lowest BCUT2D eigenvalue weighted by atomic mass is 10.1. The molecular weight excluding hydrogens is 314 g/mol. The summed E-state index contributed by atoms with van der Waals surface area (Å²) in [6.07, 6.45) is 3.72. The van der Waals surface area contributed by atoms with Crippen LogP contribution in [-0.4, -0.2) is 12.5 Å². The van der Waals surface area contributed by atoms with Gasteiger partial charge in [0.2, 0.25) is 0 Å². The molecule has 0 aromatic heterocycles. The summed E-state index contributed by atoms with van der Waals surface area (Å²) in [7, 11) is 0. The predicted octanol–water partition coefficient (Wildman–Crippen LogP) is 4.27. The maximum atomic E-state index is 12.1. The Kier molecular flexibility index (Phi) is 4.68. The minimum absolute atomic E-state index is 0.0519. The lowest BCUT2D eigenvalue weighted by Crippen LogP contribution is -2.28. The molecule has 98 valence electrons. The SMILES string of the molecule is CC1CCC(CNC(=O)c2cc(Cl)ccc2Br)C1. The average Bonchev–Trinajstić information content (AvgIpc) is 2.75. The Bertz CT molecular complexity index is 449. The Hall–Kier alpha value is -0.540. The number of hydrogen-bond acceptors (Lipinski definition) is 1. The first-order valence-electron chi connectivity index (χ1n) is 6.29. The summed E-state index contributed by atoms with van der Waals surface area (Å²) in [4.78, 5) is 12.1. The van der Waals surface area contributed by atoms with Crippen LogP contribution in [-0.2, 0) is 0 Å². The van der Waals surface area contributed by atoms with Crippen LogP contribution in [0, 0.1) is 11.8 Å². The second kappa shape index (κ2) is 6.07. The summed E-state index contributed by atoms with van der Waals surface area (Å²) in [5.41, 5.74) is 0.605. The molecule has 2 unspecified atom stereocenters. The highest BCUT2D eigenvalue weighted by Gasteiger charge is 2.22. The molecule has 2 nitrogen and oxygen atoms in total. The van der Waals surface area contributed by atoms with E-state index < -0.39 is 0 Å². The fourth-order valence-corrected chi connectivity index (χ4v) is 3.11. The van der Waals surface area contributed by atoms with Gasteiger partial charge in [0, 0.05) is 16.0 Å². The molecule has 1 aliphatic rings. The van der Waals surface area contributed by atoms with Crippen LogP contribution in [0.25, 0.3) is 0 Å². The molecule has 0 heterocycles. The van der Waals surface area contributed by atoms with Gasteiger partial charge in [-0.2, -0.15) is 0 Å². The van der Waals surface area contributed by atoms with Crippen molar-refractivity contribution in [3.63, 3.8) is 0 Å². The Balaban J connectivity index is 1.93. The number of nitrogens with one attached hydrogen (secondary N) is 1. The summed E-state index contributed by atoms with van der Waals surface area (Å²) < 4.78 is 0.782. The van der Waals surface area contributed by atoms with Crippen molar-refractivity contribution in [2.75, 3.05) is 6.54 Å². The first-order chi connectivity index (χ1) is 8.56. The highest BCUT2D eigenvalue weighted by atomic mass is 79.9. The van der Waals surface area contributed by atoms with Gasteiger partial charge in [0.05, 0.1) is 5.56 Å². The molecular formula is C14H17BrClNO. The maximum Gasteiger partial charge on any atom is 0.252 e. The molecule has 1 N–H and O–H groups in total. The quantitative estimate of drug-likeness (QED) is 0.881. The van der Waals surface area contributed by atoms with Crippen LogP contribution >= 0.6 is 27.5 Å². The standard InChI is InChI=1S/C14H17BrClNO/c1-9-2-3-10(6-9)8-17-14(18)12-7-11(16)4-5-13(12)15/h4-5,7,9-10H,2-3,6,8H2,1H3,(H,17,18). The molecule has 0 radical (unpaired) electrons. The van der Waals surface area contributed by atoms with E-state index >= 15 is 0 Å². The molecule has 1 amide bonds. The number of amides is 1. The lowest BCUT2D eigenvalue weighted by molar-refractivity contribution is 0.0946. The molecule has 4 heteroatoms. The Labute approximate surface area is 121 Å². The van der Waals surface area contributed by atoms with E-state index in [1.807, 2.05) is 0 Å². The van der Waals surface area contributed by atoms with E-state index in [4.69, 9.17) is 11.6 Å². The number of rotatable bonds is 3. The smallest absolute Gasteiger partial charge is 0.252 e. The van der Waals surface area contributed by atoms with E-state index in [1.54, 1.807) is 18.2 Å². The molecule has 2 rings (SSSR count). The van der Waals surface area contributed by atoms with Crippen LogP contribution < -0.4 is 5.32 Å². The monoisotopic (exact) mass is 329 g/mol. The summed E-state index contributed by atoms with van der Waals surface area (Å²) >= 11 is 9.28. The molecule has 1 aromatic rings. The van der Waals surface area contributed by atoms with Crippen molar-refractivity contribution in [2.45, 2.75) is 26.2 Å². The summed E-state index contributed by atoms with van der Waals surface area (Å²) in [6, 6.07) is 5.26. The minimum atomic E-state index is -0.0519. The van der Waals surface area contributed by atoms with E-state index in [0.29, 0.717) is 16.5 Å². The molecule has 18 heavy (non-hydrogen) atoms. The third kappa shape index (κ3) is 3.48. The van der Waals surface area contributed by atoms with Gasteiger partial charge >= 0.3 is 0 Å². The molecule has 0 spiro atoms. The van der Waals surface area contributed by atoms with Crippen LogP contribution in [0.4, 0.5) is 0 Å². The number of benzene rings is 1. The van der Waals surface area contributed by atoms with Gasteiger partial charge in [-0.1, -0.05) is 24.9 Å². The lowest BCUT2D eigenvalue weighted by Gasteiger charge is -2.12. The third-order valence-electron chi connectivity index (χ3n) is 3.53. The van der Waals surface area contributed by atoms with Crippen LogP contribution in [0.5, 0.6) is 0 Å². The van der Waals surface area contributed by atoms with Crippen LogP contribution in [0.3, 0.4) is 0 Å². The molecule has 0 bridgehead atoms. The van der Waals surface area contributed by atoms with Crippen molar-refractivity contribution >= 4 is 33.4 Å². The Morgan fingerprint density at radius 2 is 2.28 bits per heavy atom. The topological polar surface area (TPSA) is 29.1 Å². The van der Waals surface area contributed by atoms with Crippen molar-refractivity contribution in [3.05, 3.63) is 33.3 Å². The molecule has 1 aliphatic carbocycles. The first kappa shape index (κ1) is 13.9. The summed E-state index contributed by atoms with van der Waals surface area (Å²) in [5, 5.41) is 3.58. The largest absolute Gasteiger partial charge is 0.352 e. The van der Waals surface area contributed by atoms with E-state index in [1.165, 1.54) is 19.3 Å². The Morgan fingerprint density at radius 1 is 1.50 bits per heavy atom. The van der Waals surface area contributed by atoms with Crippen molar-refractivity contribution in [3.8, 4) is 0 Å². The molecule has 2 atom stereocenters. The predicted molar refractivity (Wildman–Crippen MR) is 78.0 cm³/mol. The van der Waals surface area contributed by atoms with Gasteiger partial charge in [-0.05, 0) is 58.8 Å². The van der Waals surface area contributed by atoms with Crippen molar-refractivity contribution in [1.29, 1.82) is 0 Å². The summed E-state index contributed by atoms with van der Waals surface area (Å²) in [6.45, 7) is 3.04. The van der Waals surface area contributed by atoms with Gasteiger partial charge in [0.15, 0.2) is 0 Å². The van der Waals surface area contributed by atoms with Gasteiger partial charge in [0.1, 0.15) is 0 Å². The zero-order valence-electron chi connectivity index (χ0n) is 10.4. The van der Waals surface area contributed by atoms with E-state index in [-0.39, 0.29) is 5.91 Å². The first-order valence-corrected chi connectivity index (χ1v) is 7.46. The second-order valence-corrected chi connectivity index (χ2v) is 6.41. The van der Waals surface area contributed by atoms with E-state index in [2.05, 4.69) is 28.2 Å².